The molecule has 2 fully saturated rings. The van der Waals surface area contributed by atoms with E-state index in [0.717, 1.165) is 23.3 Å². The van der Waals surface area contributed by atoms with E-state index in [1.165, 1.54) is 6.20 Å². The highest BCUT2D eigenvalue weighted by atomic mass is 16.2. The zero-order valence-corrected chi connectivity index (χ0v) is 21.8. The van der Waals surface area contributed by atoms with E-state index in [4.69, 9.17) is 17.2 Å². The molecule has 1 aromatic carbocycles. The van der Waals surface area contributed by atoms with E-state index in [9.17, 15) is 9.59 Å². The Kier molecular flexibility index (Phi) is 7.37. The van der Waals surface area contributed by atoms with E-state index in [2.05, 4.69) is 37.7 Å². The Bertz CT molecular complexity index is 1400. The molecule has 3 atom stereocenters. The third-order valence-electron chi connectivity index (χ3n) is 7.24. The number of anilines is 4. The summed E-state index contributed by atoms with van der Waals surface area (Å²) in [5.41, 5.74) is 21.5. The molecule has 5 rings (SSSR count). The second kappa shape index (κ2) is 11.0. The molecular formula is C27H34N10O2. The first-order valence-corrected chi connectivity index (χ1v) is 12.9. The van der Waals surface area contributed by atoms with Gasteiger partial charge in [-0.3, -0.25) is 14.6 Å². The fraction of sp³-hybridized carbons (Fsp3) is 0.333. The maximum atomic E-state index is 13.4. The van der Waals surface area contributed by atoms with Gasteiger partial charge in [-0.2, -0.15) is 0 Å². The average molecular weight is 531 g/mol. The molecular weight excluding hydrogens is 496 g/mol. The summed E-state index contributed by atoms with van der Waals surface area (Å²) in [6, 6.07) is 9.23. The number of amides is 2. The van der Waals surface area contributed by atoms with Crippen LogP contribution in [-0.4, -0.2) is 66.6 Å². The van der Waals surface area contributed by atoms with Gasteiger partial charge in [-0.05, 0) is 30.2 Å². The summed E-state index contributed by atoms with van der Waals surface area (Å²) in [4.78, 5) is 38.2. The first kappa shape index (κ1) is 26.0. The third kappa shape index (κ3) is 5.50. The van der Waals surface area contributed by atoms with Gasteiger partial charge in [0.1, 0.15) is 0 Å². The van der Waals surface area contributed by atoms with Crippen molar-refractivity contribution in [3.8, 4) is 0 Å². The fourth-order valence-corrected chi connectivity index (χ4v) is 5.33. The quantitative estimate of drug-likeness (QED) is 0.264. The maximum Gasteiger partial charge on any atom is 0.276 e. The molecule has 9 N–H and O–H groups in total. The second-order valence-electron chi connectivity index (χ2n) is 10.0. The average Bonchev–Trinajstić information content (AvgIpc) is 2.92. The van der Waals surface area contributed by atoms with Crippen LogP contribution in [0.25, 0.3) is 10.9 Å². The number of hydrogen-bond donors (Lipinski definition) is 6. The van der Waals surface area contributed by atoms with E-state index >= 15 is 0 Å². The summed E-state index contributed by atoms with van der Waals surface area (Å²) >= 11 is 0. The molecule has 12 heteroatoms. The van der Waals surface area contributed by atoms with Gasteiger partial charge in [0, 0.05) is 67.9 Å². The molecule has 2 saturated heterocycles. The van der Waals surface area contributed by atoms with Crippen molar-refractivity contribution >= 4 is 45.5 Å². The van der Waals surface area contributed by atoms with Gasteiger partial charge < -0.3 is 43.0 Å². The maximum absolute atomic E-state index is 13.4. The number of benzene rings is 1. The molecule has 39 heavy (non-hydrogen) atoms. The number of nitrogens with one attached hydrogen (secondary N) is 3. The van der Waals surface area contributed by atoms with Crippen molar-refractivity contribution in [1.29, 1.82) is 0 Å². The summed E-state index contributed by atoms with van der Waals surface area (Å²) in [7, 11) is 0. The van der Waals surface area contributed by atoms with E-state index < -0.39 is 5.91 Å². The Morgan fingerprint density at radius 1 is 1.21 bits per heavy atom. The van der Waals surface area contributed by atoms with Crippen molar-refractivity contribution in [3.05, 3.63) is 60.8 Å². The van der Waals surface area contributed by atoms with Crippen LogP contribution in [0.5, 0.6) is 0 Å². The minimum absolute atomic E-state index is 0.0258. The molecule has 0 bridgehead atoms. The topological polar surface area (TPSA) is 181 Å². The molecule has 4 heterocycles. The summed E-state index contributed by atoms with van der Waals surface area (Å²) in [5.74, 6) is -0.241. The van der Waals surface area contributed by atoms with Crippen molar-refractivity contribution in [2.24, 2.45) is 17.4 Å². The number of carbonyl (C=O) groups is 2. The second-order valence-corrected chi connectivity index (χ2v) is 10.0. The lowest BCUT2D eigenvalue weighted by molar-refractivity contribution is -0.120. The van der Waals surface area contributed by atoms with E-state index in [-0.39, 0.29) is 41.8 Å². The Morgan fingerprint density at radius 3 is 2.82 bits per heavy atom. The van der Waals surface area contributed by atoms with Gasteiger partial charge in [-0.15, -0.1) is 0 Å². The van der Waals surface area contributed by atoms with Gasteiger partial charge in [-0.25, -0.2) is 4.98 Å². The number of pyridine rings is 2. The largest absolute Gasteiger partial charge is 0.403 e. The number of aromatic nitrogens is 2. The highest BCUT2D eigenvalue weighted by molar-refractivity contribution is 6.09. The number of piperazine rings is 1. The van der Waals surface area contributed by atoms with Gasteiger partial charge in [0.2, 0.25) is 5.91 Å². The van der Waals surface area contributed by atoms with Gasteiger partial charge in [0.05, 0.1) is 35.3 Å². The van der Waals surface area contributed by atoms with Crippen LogP contribution < -0.4 is 43.0 Å². The zero-order chi connectivity index (χ0) is 27.5. The minimum atomic E-state index is -0.437. The zero-order valence-electron chi connectivity index (χ0n) is 21.8. The molecule has 2 aromatic heterocycles. The Labute approximate surface area is 226 Å². The van der Waals surface area contributed by atoms with Crippen LogP contribution >= 0.6 is 0 Å². The molecule has 2 aliphatic rings. The van der Waals surface area contributed by atoms with Crippen LogP contribution in [-0.2, 0) is 4.79 Å². The molecule has 0 aliphatic carbocycles. The first-order valence-electron chi connectivity index (χ1n) is 12.9. The first-order chi connectivity index (χ1) is 18.8. The van der Waals surface area contributed by atoms with Crippen LogP contribution in [0.3, 0.4) is 0 Å². The normalized spacial score (nSPS) is 21.7. The highest BCUT2D eigenvalue weighted by Gasteiger charge is 2.33. The lowest BCUT2D eigenvalue weighted by Crippen LogP contribution is -2.60. The predicted octanol–water partition coefficient (Wildman–Crippen LogP) is 0.572. The molecule has 3 aromatic rings. The Hall–Kier alpha value is -4.58. The summed E-state index contributed by atoms with van der Waals surface area (Å²) in [5, 5.41) is 9.86. The van der Waals surface area contributed by atoms with Gasteiger partial charge in [0.25, 0.3) is 5.91 Å². The van der Waals surface area contributed by atoms with Crippen LogP contribution in [0.15, 0.2) is 55.1 Å². The molecule has 2 amide bonds. The van der Waals surface area contributed by atoms with Crippen molar-refractivity contribution in [1.82, 2.24) is 20.6 Å². The fourth-order valence-electron chi connectivity index (χ4n) is 5.33. The van der Waals surface area contributed by atoms with E-state index in [0.29, 0.717) is 30.8 Å². The van der Waals surface area contributed by atoms with Crippen molar-refractivity contribution in [2.75, 3.05) is 53.6 Å². The standard InChI is InChI=1S/C27H34N10O2/c1-16-13-37(14-20(30)25(16)33-7-5-28)23-4-6-31-12-22(23)35-27(39)26-19(29)10-17-2-3-18(11-21(17)34-26)36-9-8-32-24(38)15-36/h2-7,10-12,16,20,25,33H,8-9,13-15,28-30H2,1H3,(H,32,38)(H,35,39)/b7-5-/t16-,20+,25-/m0/s1. The van der Waals surface area contributed by atoms with Crippen molar-refractivity contribution in [2.45, 2.75) is 19.0 Å². The summed E-state index contributed by atoms with van der Waals surface area (Å²) < 4.78 is 0. The summed E-state index contributed by atoms with van der Waals surface area (Å²) in [6.07, 6.45) is 6.47. The molecule has 0 unspecified atom stereocenters. The monoisotopic (exact) mass is 530 g/mol. The van der Waals surface area contributed by atoms with Crippen LogP contribution in [0.1, 0.15) is 17.4 Å². The van der Waals surface area contributed by atoms with Gasteiger partial charge in [-0.1, -0.05) is 13.0 Å². The molecule has 0 saturated carbocycles. The molecule has 12 nitrogen and oxygen atoms in total. The Balaban J connectivity index is 1.38. The SMILES string of the molecule is C[C@H]1CN(c2ccncc2NC(=O)c2nc3cc(N4CCNC(=O)C4)ccc3cc2N)C[C@@H](N)[C@H]1N/C=C\N. The number of nitrogens with zero attached hydrogens (tertiary/aromatic N) is 4. The van der Waals surface area contributed by atoms with Crippen molar-refractivity contribution in [3.63, 3.8) is 0 Å². The molecule has 2 aliphatic heterocycles. The molecule has 0 radical (unpaired) electrons. The smallest absolute Gasteiger partial charge is 0.276 e. The van der Waals surface area contributed by atoms with Crippen LogP contribution in [0, 0.1) is 5.92 Å². The number of fused-ring (bicyclic) bond motifs is 1. The molecule has 204 valence electrons. The van der Waals surface area contributed by atoms with Gasteiger partial charge >= 0.3 is 0 Å². The molecule has 0 spiro atoms. The number of hydrogen-bond acceptors (Lipinski definition) is 10. The number of nitrogens with two attached hydrogens (primary N) is 3. The minimum Gasteiger partial charge on any atom is -0.403 e. The van der Waals surface area contributed by atoms with Gasteiger partial charge in [0.15, 0.2) is 5.69 Å². The number of rotatable bonds is 6. The van der Waals surface area contributed by atoms with Crippen LogP contribution in [0.4, 0.5) is 22.7 Å². The Morgan fingerprint density at radius 2 is 2.05 bits per heavy atom. The lowest BCUT2D eigenvalue weighted by Gasteiger charge is -2.42. The van der Waals surface area contributed by atoms with Crippen molar-refractivity contribution < 1.29 is 9.59 Å². The highest BCUT2D eigenvalue weighted by Crippen LogP contribution is 2.30. The third-order valence-corrected chi connectivity index (χ3v) is 7.24. The number of piperidine rings is 1. The number of nitrogen functional groups attached to an aromatic ring is 1. The van der Waals surface area contributed by atoms with Crippen LogP contribution in [0.2, 0.25) is 0 Å². The number of carbonyl (C=O) groups excluding carboxylic acids is 2. The lowest BCUT2D eigenvalue weighted by atomic mass is 9.90. The van der Waals surface area contributed by atoms with E-state index in [1.807, 2.05) is 29.2 Å². The van der Waals surface area contributed by atoms with E-state index in [1.54, 1.807) is 24.7 Å². The summed E-state index contributed by atoms with van der Waals surface area (Å²) in [6.45, 7) is 4.98. The predicted molar refractivity (Wildman–Crippen MR) is 153 cm³/mol.